The molecule has 0 N–H and O–H groups in total. The summed E-state index contributed by atoms with van der Waals surface area (Å²) in [6.45, 7) is 1.17. The molecule has 0 aliphatic carbocycles. The Morgan fingerprint density at radius 2 is 2.11 bits per heavy atom. The lowest BCUT2D eigenvalue weighted by Gasteiger charge is -2.20. The number of rotatable bonds is 5. The van der Waals surface area contributed by atoms with Crippen molar-refractivity contribution in [2.24, 2.45) is 0 Å². The van der Waals surface area contributed by atoms with E-state index < -0.39 is 0 Å². The van der Waals surface area contributed by atoms with Gasteiger partial charge in [-0.25, -0.2) is 9.97 Å². The van der Waals surface area contributed by atoms with E-state index in [2.05, 4.69) is 15.0 Å². The van der Waals surface area contributed by atoms with Crippen molar-refractivity contribution in [3.05, 3.63) is 24.5 Å². The van der Waals surface area contributed by atoms with Gasteiger partial charge in [0, 0.05) is 33.1 Å². The second-order valence-corrected chi connectivity index (χ2v) is 4.62. The highest BCUT2D eigenvalue weighted by molar-refractivity contribution is 6.21. The molecule has 1 unspecified atom stereocenters. The zero-order chi connectivity index (χ0) is 13.0. The normalized spacial score (nSPS) is 12.6. The fourth-order valence-electron chi connectivity index (χ4n) is 1.68. The third-order valence-corrected chi connectivity index (χ3v) is 2.79. The molecule has 0 amide bonds. The lowest BCUT2D eigenvalue weighted by Crippen LogP contribution is -2.29. The molecule has 18 heavy (non-hydrogen) atoms. The Hall–Kier alpha value is -1.46. The quantitative estimate of drug-likeness (QED) is 0.771. The maximum atomic E-state index is 6.12. The molecule has 2 aromatic heterocycles. The number of nitrogens with zero attached hydrogens (tertiary/aromatic N) is 4. The van der Waals surface area contributed by atoms with E-state index in [-0.39, 0.29) is 5.38 Å². The van der Waals surface area contributed by atoms with E-state index in [4.69, 9.17) is 16.3 Å². The Bertz CT molecular complexity index is 522. The number of anilines is 1. The molecule has 0 radical (unpaired) electrons. The van der Waals surface area contributed by atoms with Gasteiger partial charge in [0.1, 0.15) is 11.3 Å². The van der Waals surface area contributed by atoms with E-state index in [0.717, 1.165) is 11.3 Å². The first-order valence-corrected chi connectivity index (χ1v) is 6.06. The largest absolute Gasteiger partial charge is 0.383 e. The maximum absolute atomic E-state index is 6.12. The first-order chi connectivity index (χ1) is 8.70. The number of ether oxygens (including phenoxy) is 1. The number of fused-ring (bicyclic) bond motifs is 1. The van der Waals surface area contributed by atoms with Crippen molar-refractivity contribution >= 4 is 28.6 Å². The topological polar surface area (TPSA) is 51.1 Å². The molecular weight excluding hydrogens is 252 g/mol. The van der Waals surface area contributed by atoms with E-state index in [9.17, 15) is 0 Å². The third kappa shape index (κ3) is 3.05. The van der Waals surface area contributed by atoms with Crippen LogP contribution in [0.2, 0.25) is 0 Å². The summed E-state index contributed by atoms with van der Waals surface area (Å²) in [6, 6.07) is 3.81. The van der Waals surface area contributed by atoms with E-state index in [1.165, 1.54) is 0 Å². The van der Waals surface area contributed by atoms with Crippen molar-refractivity contribution in [2.45, 2.75) is 5.38 Å². The summed E-state index contributed by atoms with van der Waals surface area (Å²) in [7, 11) is 3.58. The Morgan fingerprint density at radius 3 is 2.89 bits per heavy atom. The Morgan fingerprint density at radius 1 is 1.33 bits per heavy atom. The van der Waals surface area contributed by atoms with Gasteiger partial charge >= 0.3 is 0 Å². The molecular formula is C12H15ClN4O. The van der Waals surface area contributed by atoms with Crippen molar-refractivity contribution in [3.8, 4) is 0 Å². The van der Waals surface area contributed by atoms with Gasteiger partial charge in [-0.2, -0.15) is 0 Å². The number of alkyl halides is 1. The van der Waals surface area contributed by atoms with Gasteiger partial charge in [-0.3, -0.25) is 4.98 Å². The maximum Gasteiger partial charge on any atom is 0.180 e. The highest BCUT2D eigenvalue weighted by atomic mass is 35.5. The van der Waals surface area contributed by atoms with Crippen molar-refractivity contribution < 1.29 is 4.74 Å². The Balaban J connectivity index is 2.15. The van der Waals surface area contributed by atoms with Crippen LogP contribution in [0.15, 0.2) is 24.5 Å². The van der Waals surface area contributed by atoms with Gasteiger partial charge in [-0.1, -0.05) is 0 Å². The predicted octanol–water partition coefficient (Wildman–Crippen LogP) is 1.71. The molecule has 1 atom stereocenters. The molecule has 0 aromatic carbocycles. The van der Waals surface area contributed by atoms with Crippen LogP contribution in [0, 0.1) is 0 Å². The van der Waals surface area contributed by atoms with Gasteiger partial charge in [0.15, 0.2) is 5.65 Å². The van der Waals surface area contributed by atoms with Crippen LogP contribution in [-0.2, 0) is 4.74 Å². The zero-order valence-electron chi connectivity index (χ0n) is 10.4. The van der Waals surface area contributed by atoms with Gasteiger partial charge in [-0.15, -0.1) is 11.6 Å². The minimum Gasteiger partial charge on any atom is -0.383 e. The van der Waals surface area contributed by atoms with E-state index in [1.54, 1.807) is 19.5 Å². The molecule has 6 heteroatoms. The lowest BCUT2D eigenvalue weighted by atomic mass is 10.3. The van der Waals surface area contributed by atoms with E-state index in [0.29, 0.717) is 18.8 Å². The standard InChI is InChI=1S/C12H15ClN4O/c1-17(7-9(13)8-18-2)11-4-3-10-12(16-11)15-6-5-14-10/h3-6,9H,7-8H2,1-2H3. The van der Waals surface area contributed by atoms with Gasteiger partial charge in [0.05, 0.1) is 12.0 Å². The van der Waals surface area contributed by atoms with Crippen molar-refractivity contribution in [3.63, 3.8) is 0 Å². The van der Waals surface area contributed by atoms with Crippen LogP contribution in [-0.4, -0.2) is 47.6 Å². The average Bonchev–Trinajstić information content (AvgIpc) is 2.38. The smallest absolute Gasteiger partial charge is 0.180 e. The van der Waals surface area contributed by atoms with Crippen LogP contribution in [0.4, 0.5) is 5.82 Å². The van der Waals surface area contributed by atoms with E-state index in [1.807, 2.05) is 24.1 Å². The summed E-state index contributed by atoms with van der Waals surface area (Å²) in [5.41, 5.74) is 1.42. The molecule has 0 aliphatic rings. The number of methoxy groups -OCH3 is 1. The fourth-order valence-corrected chi connectivity index (χ4v) is 2.01. The van der Waals surface area contributed by atoms with Gasteiger partial charge in [0.2, 0.25) is 0 Å². The Kier molecular flexibility index (Phi) is 4.28. The first-order valence-electron chi connectivity index (χ1n) is 5.62. The van der Waals surface area contributed by atoms with Crippen LogP contribution in [0.25, 0.3) is 11.2 Å². The number of hydrogen-bond donors (Lipinski definition) is 0. The molecule has 0 saturated heterocycles. The highest BCUT2D eigenvalue weighted by Crippen LogP contribution is 2.14. The monoisotopic (exact) mass is 266 g/mol. The first kappa shape index (κ1) is 13.0. The van der Waals surface area contributed by atoms with Gasteiger partial charge in [-0.05, 0) is 12.1 Å². The van der Waals surface area contributed by atoms with Gasteiger partial charge in [0.25, 0.3) is 0 Å². The summed E-state index contributed by atoms with van der Waals surface area (Å²) in [5.74, 6) is 0.824. The third-order valence-electron chi connectivity index (χ3n) is 2.53. The minimum atomic E-state index is -0.0700. The molecule has 2 heterocycles. The fraction of sp³-hybridized carbons (Fsp3) is 0.417. The molecule has 0 spiro atoms. The lowest BCUT2D eigenvalue weighted by molar-refractivity contribution is 0.199. The molecule has 0 saturated carbocycles. The van der Waals surface area contributed by atoms with Crippen molar-refractivity contribution in [1.82, 2.24) is 15.0 Å². The van der Waals surface area contributed by atoms with Crippen LogP contribution < -0.4 is 4.90 Å². The van der Waals surface area contributed by atoms with Crippen molar-refractivity contribution in [2.75, 3.05) is 32.2 Å². The Labute approximate surface area is 111 Å². The SMILES string of the molecule is COCC(Cl)CN(C)c1ccc2nccnc2n1. The minimum absolute atomic E-state index is 0.0700. The number of aromatic nitrogens is 3. The van der Waals surface area contributed by atoms with Crippen LogP contribution in [0.3, 0.4) is 0 Å². The summed E-state index contributed by atoms with van der Waals surface area (Å²) in [6.07, 6.45) is 3.29. The molecule has 96 valence electrons. The average molecular weight is 267 g/mol. The highest BCUT2D eigenvalue weighted by Gasteiger charge is 2.10. The van der Waals surface area contributed by atoms with Crippen LogP contribution >= 0.6 is 11.6 Å². The number of pyridine rings is 1. The van der Waals surface area contributed by atoms with Gasteiger partial charge < -0.3 is 9.64 Å². The summed E-state index contributed by atoms with van der Waals surface area (Å²) >= 11 is 6.12. The van der Waals surface area contributed by atoms with E-state index >= 15 is 0 Å². The predicted molar refractivity (Wildman–Crippen MR) is 72.1 cm³/mol. The molecule has 5 nitrogen and oxygen atoms in total. The molecule has 2 rings (SSSR count). The summed E-state index contributed by atoms with van der Waals surface area (Å²) < 4.78 is 5.01. The van der Waals surface area contributed by atoms with Crippen LogP contribution in [0.5, 0.6) is 0 Å². The molecule has 0 aliphatic heterocycles. The van der Waals surface area contributed by atoms with Crippen LogP contribution in [0.1, 0.15) is 0 Å². The van der Waals surface area contributed by atoms with Crippen molar-refractivity contribution in [1.29, 1.82) is 0 Å². The summed E-state index contributed by atoms with van der Waals surface area (Å²) in [4.78, 5) is 14.8. The second kappa shape index (κ2) is 5.93. The zero-order valence-corrected chi connectivity index (χ0v) is 11.1. The number of halogens is 1. The summed E-state index contributed by atoms with van der Waals surface area (Å²) in [5, 5.41) is -0.0700. The molecule has 0 bridgehead atoms. The molecule has 2 aromatic rings. The number of hydrogen-bond acceptors (Lipinski definition) is 5. The second-order valence-electron chi connectivity index (χ2n) is 4.00. The molecule has 0 fully saturated rings.